The molecule has 0 bridgehead atoms. The molecular formula is C16H23N5O3. The van der Waals surface area contributed by atoms with Crippen molar-refractivity contribution in [1.29, 1.82) is 0 Å². The van der Waals surface area contributed by atoms with E-state index in [-0.39, 0.29) is 6.04 Å². The Morgan fingerprint density at radius 3 is 2.88 bits per heavy atom. The van der Waals surface area contributed by atoms with Crippen molar-refractivity contribution in [2.45, 2.75) is 39.2 Å². The van der Waals surface area contributed by atoms with E-state index in [4.69, 9.17) is 20.7 Å². The number of primary amides is 1. The number of carbonyl (C=O) groups is 1. The number of aromatic nitrogens is 2. The zero-order chi connectivity index (χ0) is 17.5. The zero-order valence-corrected chi connectivity index (χ0v) is 13.9. The lowest BCUT2D eigenvalue weighted by molar-refractivity contribution is 0.154. The molecule has 0 aliphatic carbocycles. The van der Waals surface area contributed by atoms with Crippen molar-refractivity contribution in [2.75, 3.05) is 17.7 Å². The van der Waals surface area contributed by atoms with Gasteiger partial charge in [-0.3, -0.25) is 0 Å². The van der Waals surface area contributed by atoms with E-state index in [9.17, 15) is 4.79 Å². The summed E-state index contributed by atoms with van der Waals surface area (Å²) in [5.74, 6) is 1.00. The molecule has 0 spiro atoms. The number of para-hydroxylation sites is 1. The summed E-state index contributed by atoms with van der Waals surface area (Å²) < 4.78 is 9.96. The number of anilines is 2. The van der Waals surface area contributed by atoms with E-state index in [0.717, 1.165) is 30.5 Å². The molecule has 24 heavy (non-hydrogen) atoms. The number of rotatable bonds is 8. The Balaban J connectivity index is 1.97. The average molecular weight is 333 g/mol. The van der Waals surface area contributed by atoms with Crippen molar-refractivity contribution in [3.8, 4) is 11.5 Å². The molecule has 1 atom stereocenters. The number of carbonyl (C=O) groups excluding carboxylic acids is 1. The fourth-order valence-electron chi connectivity index (χ4n) is 2.36. The average Bonchev–Trinajstić information content (AvgIpc) is 2.95. The van der Waals surface area contributed by atoms with Gasteiger partial charge in [0.2, 0.25) is 0 Å². The maximum Gasteiger partial charge on any atom is 0.404 e. The number of hydrogen-bond acceptors (Lipinski definition) is 7. The van der Waals surface area contributed by atoms with Crippen LogP contribution < -0.4 is 16.8 Å². The second kappa shape index (κ2) is 8.19. The number of nitrogens with zero attached hydrogens (tertiary/aromatic N) is 2. The Morgan fingerprint density at radius 2 is 2.21 bits per heavy atom. The summed E-state index contributed by atoms with van der Waals surface area (Å²) in [6.07, 6.45) is 1.80. The number of ether oxygens (including phenoxy) is 1. The third-order valence-corrected chi connectivity index (χ3v) is 3.52. The van der Waals surface area contributed by atoms with Crippen LogP contribution in [0, 0.1) is 6.92 Å². The van der Waals surface area contributed by atoms with Gasteiger partial charge in [0.05, 0.1) is 23.5 Å². The lowest BCUT2D eigenvalue weighted by atomic mass is 10.1. The van der Waals surface area contributed by atoms with Gasteiger partial charge in [0, 0.05) is 6.04 Å². The van der Waals surface area contributed by atoms with Crippen molar-refractivity contribution in [3.05, 3.63) is 24.0 Å². The number of benzene rings is 1. The molecular weight excluding hydrogens is 310 g/mol. The summed E-state index contributed by atoms with van der Waals surface area (Å²) in [4.78, 5) is 14.8. The molecule has 8 nitrogen and oxygen atoms in total. The van der Waals surface area contributed by atoms with Crippen molar-refractivity contribution in [1.82, 2.24) is 10.1 Å². The molecule has 1 aromatic carbocycles. The third-order valence-electron chi connectivity index (χ3n) is 3.52. The number of nitrogens with one attached hydrogen (secondary N) is 1. The van der Waals surface area contributed by atoms with Gasteiger partial charge in [-0.2, -0.15) is 4.98 Å². The number of nitrogen functional groups attached to an aromatic ring is 1. The van der Waals surface area contributed by atoms with Crippen molar-refractivity contribution >= 4 is 17.5 Å². The van der Waals surface area contributed by atoms with Crippen molar-refractivity contribution < 1.29 is 14.1 Å². The first-order valence-corrected chi connectivity index (χ1v) is 7.85. The molecule has 8 heteroatoms. The van der Waals surface area contributed by atoms with Crippen LogP contribution in [0.4, 0.5) is 16.2 Å². The van der Waals surface area contributed by atoms with Crippen LogP contribution in [0.5, 0.6) is 0 Å². The fourth-order valence-corrected chi connectivity index (χ4v) is 2.36. The maximum absolute atomic E-state index is 10.5. The number of nitrogens with two attached hydrogens (primary N) is 2. The van der Waals surface area contributed by atoms with Crippen LogP contribution in [0.1, 0.15) is 32.0 Å². The molecule has 0 aliphatic heterocycles. The van der Waals surface area contributed by atoms with Gasteiger partial charge < -0.3 is 26.0 Å². The van der Waals surface area contributed by atoms with Crippen LogP contribution in [0.3, 0.4) is 0 Å². The monoisotopic (exact) mass is 333 g/mol. The summed E-state index contributed by atoms with van der Waals surface area (Å²) in [6.45, 7) is 4.16. The van der Waals surface area contributed by atoms with Gasteiger partial charge in [-0.05, 0) is 45.2 Å². The second-order valence-electron chi connectivity index (χ2n) is 5.63. The Hall–Kier alpha value is -2.77. The third kappa shape index (κ3) is 4.87. The van der Waals surface area contributed by atoms with Gasteiger partial charge in [0.1, 0.15) is 0 Å². The lowest BCUT2D eigenvalue weighted by Crippen LogP contribution is -2.17. The molecule has 0 saturated carbocycles. The summed E-state index contributed by atoms with van der Waals surface area (Å²) in [6, 6.07) is 5.73. The highest BCUT2D eigenvalue weighted by molar-refractivity contribution is 5.83. The molecule has 0 fully saturated rings. The second-order valence-corrected chi connectivity index (χ2v) is 5.63. The Kier molecular flexibility index (Phi) is 6.00. The first-order chi connectivity index (χ1) is 11.5. The van der Waals surface area contributed by atoms with E-state index >= 15 is 0 Å². The Labute approximate surface area is 140 Å². The molecule has 1 amide bonds. The molecule has 1 aromatic heterocycles. The molecule has 0 saturated heterocycles. The van der Waals surface area contributed by atoms with E-state index in [0.29, 0.717) is 24.0 Å². The molecule has 2 aromatic rings. The smallest absolute Gasteiger partial charge is 0.404 e. The molecule has 0 radical (unpaired) electrons. The standard InChI is InChI=1S/C16H23N5O3/c1-10(6-3-4-9-23-16(18)22)19-14-12(7-5-8-13(14)17)15-20-11(2)21-24-15/h5,7-8,10,19H,3-4,6,9,17H2,1-2H3,(H2,18,22). The summed E-state index contributed by atoms with van der Waals surface area (Å²) in [5, 5.41) is 7.22. The Bertz CT molecular complexity index is 686. The van der Waals surface area contributed by atoms with Crippen LogP contribution in [-0.4, -0.2) is 28.9 Å². The van der Waals surface area contributed by atoms with Gasteiger partial charge >= 0.3 is 6.09 Å². The summed E-state index contributed by atoms with van der Waals surface area (Å²) in [7, 11) is 0. The van der Waals surface area contributed by atoms with Gasteiger partial charge in [-0.1, -0.05) is 11.2 Å². The lowest BCUT2D eigenvalue weighted by Gasteiger charge is -2.18. The predicted octanol–water partition coefficient (Wildman–Crippen LogP) is 2.69. The van der Waals surface area contributed by atoms with Gasteiger partial charge in [0.25, 0.3) is 5.89 Å². The number of unbranched alkanes of at least 4 members (excludes halogenated alkanes) is 1. The van der Waals surface area contributed by atoms with Gasteiger partial charge in [0.15, 0.2) is 5.82 Å². The highest BCUT2D eigenvalue weighted by Gasteiger charge is 2.15. The predicted molar refractivity (Wildman–Crippen MR) is 91.4 cm³/mol. The number of hydrogen-bond donors (Lipinski definition) is 3. The first-order valence-electron chi connectivity index (χ1n) is 7.85. The molecule has 0 aliphatic rings. The minimum Gasteiger partial charge on any atom is -0.450 e. The van der Waals surface area contributed by atoms with E-state index in [1.165, 1.54) is 0 Å². The van der Waals surface area contributed by atoms with Crippen LogP contribution in [0.2, 0.25) is 0 Å². The molecule has 1 unspecified atom stereocenters. The van der Waals surface area contributed by atoms with Gasteiger partial charge in [-0.25, -0.2) is 4.79 Å². The molecule has 5 N–H and O–H groups in total. The number of amides is 1. The van der Waals surface area contributed by atoms with E-state index in [1.807, 2.05) is 18.2 Å². The van der Waals surface area contributed by atoms with Crippen LogP contribution >= 0.6 is 0 Å². The minimum atomic E-state index is -0.738. The minimum absolute atomic E-state index is 0.172. The molecule has 2 rings (SSSR count). The number of aryl methyl sites for hydroxylation is 1. The van der Waals surface area contributed by atoms with E-state index < -0.39 is 6.09 Å². The van der Waals surface area contributed by atoms with Crippen LogP contribution in [0.15, 0.2) is 22.7 Å². The van der Waals surface area contributed by atoms with Crippen molar-refractivity contribution in [3.63, 3.8) is 0 Å². The van der Waals surface area contributed by atoms with Gasteiger partial charge in [-0.15, -0.1) is 0 Å². The largest absolute Gasteiger partial charge is 0.450 e. The van der Waals surface area contributed by atoms with Crippen LogP contribution in [-0.2, 0) is 4.74 Å². The van der Waals surface area contributed by atoms with Crippen molar-refractivity contribution in [2.24, 2.45) is 5.73 Å². The highest BCUT2D eigenvalue weighted by Crippen LogP contribution is 2.32. The first kappa shape index (κ1) is 17.6. The highest BCUT2D eigenvalue weighted by atomic mass is 16.5. The van der Waals surface area contributed by atoms with Crippen LogP contribution in [0.25, 0.3) is 11.5 Å². The maximum atomic E-state index is 10.5. The fraction of sp³-hybridized carbons (Fsp3) is 0.438. The molecule has 1 heterocycles. The normalized spacial score (nSPS) is 11.9. The van der Waals surface area contributed by atoms with E-state index in [2.05, 4.69) is 22.4 Å². The topological polar surface area (TPSA) is 129 Å². The summed E-state index contributed by atoms with van der Waals surface area (Å²) >= 11 is 0. The van der Waals surface area contributed by atoms with E-state index in [1.54, 1.807) is 6.92 Å². The zero-order valence-electron chi connectivity index (χ0n) is 13.9. The Morgan fingerprint density at radius 1 is 1.42 bits per heavy atom. The summed E-state index contributed by atoms with van der Waals surface area (Å²) in [5.41, 5.74) is 13.2. The quantitative estimate of drug-likeness (QED) is 0.500. The molecule has 130 valence electrons. The SMILES string of the molecule is Cc1noc(-c2cccc(N)c2NC(C)CCCCOC(N)=O)n1.